The third-order valence-corrected chi connectivity index (χ3v) is 11.9. The van der Waals surface area contributed by atoms with Crippen molar-refractivity contribution in [2.75, 3.05) is 4.90 Å². The largest absolute Gasteiger partial charge is 0.310 e. The van der Waals surface area contributed by atoms with Gasteiger partial charge in [0.25, 0.3) is 0 Å². The number of fused-ring (bicyclic) bond motifs is 8. The van der Waals surface area contributed by atoms with E-state index in [4.69, 9.17) is 0 Å². The molecule has 10 rings (SSSR count). The zero-order chi connectivity index (χ0) is 31.6. The average Bonchev–Trinajstić information content (AvgIpc) is 3.81. The summed E-state index contributed by atoms with van der Waals surface area (Å²) in [6.45, 7) is 0. The molecule has 0 bridgehead atoms. The summed E-state index contributed by atoms with van der Waals surface area (Å²) >= 11 is 3.81. The molecule has 0 N–H and O–H groups in total. The molecule has 0 aliphatic carbocycles. The number of aromatic nitrogens is 1. The molecule has 0 aliphatic heterocycles. The van der Waals surface area contributed by atoms with E-state index in [1.54, 1.807) is 0 Å². The fraction of sp³-hybridized carbons (Fsp3) is 0. The van der Waals surface area contributed by atoms with Crippen molar-refractivity contribution in [3.63, 3.8) is 0 Å². The van der Waals surface area contributed by atoms with E-state index < -0.39 is 0 Å². The van der Waals surface area contributed by atoms with Gasteiger partial charge in [-0.15, -0.1) is 22.7 Å². The Bertz CT molecular complexity index is 2680. The number of benzene rings is 7. The molecule has 3 heterocycles. The first-order chi connectivity index (χ1) is 23.8. The maximum atomic E-state index is 2.50. The molecule has 3 aromatic heterocycles. The molecule has 226 valence electrons. The minimum Gasteiger partial charge on any atom is -0.310 e. The van der Waals surface area contributed by atoms with Crippen molar-refractivity contribution in [2.45, 2.75) is 0 Å². The lowest BCUT2D eigenvalue weighted by molar-refractivity contribution is 1.19. The quantitative estimate of drug-likeness (QED) is 0.180. The van der Waals surface area contributed by atoms with Gasteiger partial charge in [0.1, 0.15) is 0 Å². The van der Waals surface area contributed by atoms with Crippen LogP contribution in [0.15, 0.2) is 170 Å². The van der Waals surface area contributed by atoms with Crippen LogP contribution < -0.4 is 4.90 Å². The topological polar surface area (TPSA) is 8.17 Å². The first kappa shape index (κ1) is 27.4. The lowest BCUT2D eigenvalue weighted by atomic mass is 10.0. The van der Waals surface area contributed by atoms with Crippen LogP contribution in [0.4, 0.5) is 17.1 Å². The lowest BCUT2D eigenvalue weighted by Crippen LogP contribution is -2.10. The summed E-state index contributed by atoms with van der Waals surface area (Å²) in [5.41, 5.74) is 9.58. The zero-order valence-corrected chi connectivity index (χ0v) is 27.5. The maximum absolute atomic E-state index is 2.50. The summed E-state index contributed by atoms with van der Waals surface area (Å²) in [6, 6.07) is 61.6. The van der Waals surface area contributed by atoms with Gasteiger partial charge in [-0.05, 0) is 82.6 Å². The van der Waals surface area contributed by atoms with Crippen molar-refractivity contribution in [3.05, 3.63) is 170 Å². The zero-order valence-electron chi connectivity index (χ0n) is 25.9. The third-order valence-electron chi connectivity index (χ3n) is 9.38. The lowest BCUT2D eigenvalue weighted by Gasteiger charge is -2.26. The Balaban J connectivity index is 1.15. The highest BCUT2D eigenvalue weighted by Crippen LogP contribution is 2.48. The van der Waals surface area contributed by atoms with Gasteiger partial charge in [0, 0.05) is 42.9 Å². The van der Waals surface area contributed by atoms with Crippen LogP contribution in [-0.2, 0) is 0 Å². The second-order valence-corrected chi connectivity index (χ2v) is 14.3. The van der Waals surface area contributed by atoms with E-state index >= 15 is 0 Å². The van der Waals surface area contributed by atoms with Crippen molar-refractivity contribution < 1.29 is 0 Å². The van der Waals surface area contributed by atoms with E-state index in [2.05, 4.69) is 179 Å². The Hall–Kier alpha value is -5.68. The van der Waals surface area contributed by atoms with Crippen molar-refractivity contribution in [3.8, 4) is 16.8 Å². The Morgan fingerprint density at radius 1 is 0.396 bits per heavy atom. The van der Waals surface area contributed by atoms with Crippen LogP contribution in [0.2, 0.25) is 0 Å². The second kappa shape index (κ2) is 11.0. The molecular formula is C44H28N2S2. The molecule has 0 unspecified atom stereocenters. The molecule has 0 aliphatic rings. The van der Waals surface area contributed by atoms with E-state index in [0.717, 1.165) is 17.1 Å². The van der Waals surface area contributed by atoms with Gasteiger partial charge < -0.3 is 9.47 Å². The van der Waals surface area contributed by atoms with Gasteiger partial charge in [0.2, 0.25) is 0 Å². The molecule has 48 heavy (non-hydrogen) atoms. The Morgan fingerprint density at radius 2 is 0.896 bits per heavy atom. The van der Waals surface area contributed by atoms with Crippen LogP contribution in [0.5, 0.6) is 0 Å². The van der Waals surface area contributed by atoms with Gasteiger partial charge in [-0.3, -0.25) is 0 Å². The number of anilines is 3. The van der Waals surface area contributed by atoms with Gasteiger partial charge >= 0.3 is 0 Å². The monoisotopic (exact) mass is 648 g/mol. The number of hydrogen-bond acceptors (Lipinski definition) is 3. The molecule has 0 amide bonds. The third kappa shape index (κ3) is 4.31. The highest BCUT2D eigenvalue weighted by Gasteiger charge is 2.22. The molecule has 0 atom stereocenters. The van der Waals surface area contributed by atoms with Crippen molar-refractivity contribution >= 4 is 91.1 Å². The van der Waals surface area contributed by atoms with Gasteiger partial charge in [0.05, 0.1) is 20.4 Å². The van der Waals surface area contributed by atoms with E-state index in [-0.39, 0.29) is 0 Å². The molecule has 0 spiro atoms. The van der Waals surface area contributed by atoms with E-state index in [9.17, 15) is 0 Å². The van der Waals surface area contributed by atoms with E-state index in [1.165, 1.54) is 68.2 Å². The fourth-order valence-corrected chi connectivity index (χ4v) is 9.64. The standard InChI is InChI=1S/C44H28N2S2/c1-2-10-29(11-3-1)31-18-21-33(22-19-31)45(36-23-20-30-12-4-5-13-32(30)28-36)34-24-26-35(27-25-34)46-41-37-14-6-8-16-39(37)47-43(41)44-42(46)38-15-7-9-17-40(38)48-44/h1-28H. The van der Waals surface area contributed by atoms with Gasteiger partial charge in [-0.25, -0.2) is 0 Å². The van der Waals surface area contributed by atoms with E-state index in [1.807, 2.05) is 22.7 Å². The number of nitrogens with zero attached hydrogens (tertiary/aromatic N) is 2. The van der Waals surface area contributed by atoms with Gasteiger partial charge in [-0.2, -0.15) is 0 Å². The molecule has 0 saturated carbocycles. The van der Waals surface area contributed by atoms with Gasteiger partial charge in [-0.1, -0.05) is 109 Å². The van der Waals surface area contributed by atoms with Crippen molar-refractivity contribution in [1.29, 1.82) is 0 Å². The van der Waals surface area contributed by atoms with Crippen LogP contribution in [0.1, 0.15) is 0 Å². The van der Waals surface area contributed by atoms with Crippen molar-refractivity contribution in [2.24, 2.45) is 0 Å². The summed E-state index contributed by atoms with van der Waals surface area (Å²) in [6.07, 6.45) is 0. The normalized spacial score (nSPS) is 11.8. The highest BCUT2D eigenvalue weighted by atomic mass is 32.1. The van der Waals surface area contributed by atoms with E-state index in [0.29, 0.717) is 0 Å². The summed E-state index contributed by atoms with van der Waals surface area (Å²) < 4.78 is 7.89. The molecule has 10 aromatic rings. The molecule has 0 radical (unpaired) electrons. The summed E-state index contributed by atoms with van der Waals surface area (Å²) in [5.74, 6) is 0. The van der Waals surface area contributed by atoms with Crippen LogP contribution in [-0.4, -0.2) is 4.57 Å². The summed E-state index contributed by atoms with van der Waals surface area (Å²) in [4.78, 5) is 2.37. The van der Waals surface area contributed by atoms with Crippen LogP contribution in [0.25, 0.3) is 68.2 Å². The highest BCUT2D eigenvalue weighted by molar-refractivity contribution is 7.33. The summed E-state index contributed by atoms with van der Waals surface area (Å²) in [5, 5.41) is 5.08. The number of rotatable bonds is 5. The Kier molecular flexibility index (Phi) is 6.26. The number of thiophene rings is 2. The molecule has 4 heteroatoms. The summed E-state index contributed by atoms with van der Waals surface area (Å²) in [7, 11) is 0. The van der Waals surface area contributed by atoms with Crippen molar-refractivity contribution in [1.82, 2.24) is 4.57 Å². The molecule has 2 nitrogen and oxygen atoms in total. The second-order valence-electron chi connectivity index (χ2n) is 12.2. The van der Waals surface area contributed by atoms with Crippen LogP contribution in [0, 0.1) is 0 Å². The minimum absolute atomic E-state index is 1.12. The SMILES string of the molecule is c1ccc(-c2ccc(N(c3ccc(-n4c5c6ccccc6sc5c5sc6ccccc6c54)cc3)c3ccc4ccccc4c3)cc2)cc1. The first-order valence-corrected chi connectivity index (χ1v) is 17.8. The molecule has 0 saturated heterocycles. The van der Waals surface area contributed by atoms with Gasteiger partial charge in [0.15, 0.2) is 0 Å². The molecular weight excluding hydrogens is 621 g/mol. The molecule has 0 fully saturated rings. The smallest absolute Gasteiger partial charge is 0.0736 e. The number of hydrogen-bond donors (Lipinski definition) is 0. The average molecular weight is 649 g/mol. The Morgan fingerprint density at radius 3 is 1.54 bits per heavy atom. The predicted octanol–water partition coefficient (Wildman–Crippen LogP) is 13.5. The fourth-order valence-electron chi connectivity index (χ4n) is 7.13. The van der Waals surface area contributed by atoms with Crippen LogP contribution >= 0.6 is 22.7 Å². The molecule has 7 aromatic carbocycles. The first-order valence-electron chi connectivity index (χ1n) is 16.2. The van der Waals surface area contributed by atoms with Crippen LogP contribution in [0.3, 0.4) is 0 Å². The Labute approximate surface area is 286 Å². The maximum Gasteiger partial charge on any atom is 0.0736 e. The minimum atomic E-state index is 1.12. The predicted molar refractivity (Wildman–Crippen MR) is 209 cm³/mol.